The summed E-state index contributed by atoms with van der Waals surface area (Å²) in [6.45, 7) is 2.74. The van der Waals surface area contributed by atoms with Crippen molar-refractivity contribution in [2.75, 3.05) is 30.3 Å². The van der Waals surface area contributed by atoms with Crippen LogP contribution in [0.5, 0.6) is 0 Å². The topological polar surface area (TPSA) is 127 Å². The standard InChI is InChI=1S/C15H20N6O2S2/c1-2-21(8-13(22)18-7-10-4-3-5-24-10)14(23)9-25-15-19-11(16)6-12(17)20-15/h3-6H,2,7-9H2,1H3,(H,18,22)(H4,16,17,19,20). The number of carbonyl (C=O) groups is 2. The van der Waals surface area contributed by atoms with Crippen LogP contribution in [0.1, 0.15) is 11.8 Å². The number of carbonyl (C=O) groups excluding carboxylic acids is 2. The van der Waals surface area contributed by atoms with E-state index < -0.39 is 0 Å². The van der Waals surface area contributed by atoms with E-state index in [9.17, 15) is 9.59 Å². The summed E-state index contributed by atoms with van der Waals surface area (Å²) in [6, 6.07) is 5.32. The van der Waals surface area contributed by atoms with Crippen molar-refractivity contribution in [3.63, 3.8) is 0 Å². The summed E-state index contributed by atoms with van der Waals surface area (Å²) in [7, 11) is 0. The molecule has 0 aromatic carbocycles. The maximum absolute atomic E-state index is 12.3. The normalized spacial score (nSPS) is 10.4. The first-order chi connectivity index (χ1) is 12.0. The molecule has 0 saturated carbocycles. The number of thioether (sulfide) groups is 1. The third-order valence-electron chi connectivity index (χ3n) is 3.18. The maximum Gasteiger partial charge on any atom is 0.239 e. The molecule has 0 unspecified atom stereocenters. The lowest BCUT2D eigenvalue weighted by Gasteiger charge is -2.20. The van der Waals surface area contributed by atoms with Gasteiger partial charge in [0.2, 0.25) is 11.8 Å². The molecule has 0 saturated heterocycles. The van der Waals surface area contributed by atoms with E-state index in [2.05, 4.69) is 15.3 Å². The van der Waals surface area contributed by atoms with Gasteiger partial charge in [-0.3, -0.25) is 9.59 Å². The van der Waals surface area contributed by atoms with Gasteiger partial charge in [0.1, 0.15) is 11.6 Å². The van der Waals surface area contributed by atoms with Crippen LogP contribution in [0, 0.1) is 0 Å². The van der Waals surface area contributed by atoms with Crippen molar-refractivity contribution in [2.45, 2.75) is 18.6 Å². The Balaban J connectivity index is 1.82. The second-order valence-electron chi connectivity index (χ2n) is 5.05. The van der Waals surface area contributed by atoms with Crippen molar-refractivity contribution in [1.29, 1.82) is 0 Å². The molecule has 2 aromatic rings. The van der Waals surface area contributed by atoms with E-state index in [1.807, 2.05) is 24.4 Å². The molecule has 5 N–H and O–H groups in total. The highest BCUT2D eigenvalue weighted by atomic mass is 32.2. The first-order valence-electron chi connectivity index (χ1n) is 7.57. The highest BCUT2D eigenvalue weighted by Gasteiger charge is 2.16. The molecule has 2 amide bonds. The molecule has 0 fully saturated rings. The van der Waals surface area contributed by atoms with Crippen LogP contribution in [-0.4, -0.2) is 45.5 Å². The molecular formula is C15H20N6O2S2. The van der Waals surface area contributed by atoms with E-state index in [1.165, 1.54) is 11.0 Å². The minimum atomic E-state index is -0.196. The molecule has 8 nitrogen and oxygen atoms in total. The first-order valence-corrected chi connectivity index (χ1v) is 9.44. The summed E-state index contributed by atoms with van der Waals surface area (Å²) in [5.41, 5.74) is 11.2. The fourth-order valence-electron chi connectivity index (χ4n) is 1.95. The number of hydrogen-bond donors (Lipinski definition) is 3. The van der Waals surface area contributed by atoms with Gasteiger partial charge in [0.15, 0.2) is 5.16 Å². The van der Waals surface area contributed by atoms with Gasteiger partial charge in [-0.25, -0.2) is 9.97 Å². The Morgan fingerprint density at radius 3 is 2.64 bits per heavy atom. The molecule has 0 radical (unpaired) electrons. The van der Waals surface area contributed by atoms with Crippen LogP contribution >= 0.6 is 23.1 Å². The van der Waals surface area contributed by atoms with Crippen LogP contribution in [0.4, 0.5) is 11.6 Å². The van der Waals surface area contributed by atoms with E-state index >= 15 is 0 Å². The summed E-state index contributed by atoms with van der Waals surface area (Å²) in [6.07, 6.45) is 0. The summed E-state index contributed by atoms with van der Waals surface area (Å²) in [5, 5.41) is 5.09. The second kappa shape index (κ2) is 9.23. The van der Waals surface area contributed by atoms with Crippen LogP contribution in [0.2, 0.25) is 0 Å². The van der Waals surface area contributed by atoms with E-state index in [0.29, 0.717) is 18.2 Å². The molecule has 2 aromatic heterocycles. The summed E-state index contributed by atoms with van der Waals surface area (Å²) in [4.78, 5) is 34.9. The number of nitrogen functional groups attached to an aromatic ring is 2. The zero-order valence-corrected chi connectivity index (χ0v) is 15.4. The average Bonchev–Trinajstić information content (AvgIpc) is 3.08. The monoisotopic (exact) mass is 380 g/mol. The SMILES string of the molecule is CCN(CC(=O)NCc1cccs1)C(=O)CSc1nc(N)cc(N)n1. The van der Waals surface area contributed by atoms with Crippen molar-refractivity contribution in [3.05, 3.63) is 28.5 Å². The number of aromatic nitrogens is 2. The molecule has 0 aliphatic rings. The zero-order valence-electron chi connectivity index (χ0n) is 13.8. The van der Waals surface area contributed by atoms with Crippen molar-refractivity contribution in [1.82, 2.24) is 20.2 Å². The average molecular weight is 380 g/mol. The van der Waals surface area contributed by atoms with Gasteiger partial charge in [-0.15, -0.1) is 11.3 Å². The van der Waals surface area contributed by atoms with Gasteiger partial charge in [-0.2, -0.15) is 0 Å². The van der Waals surface area contributed by atoms with Crippen molar-refractivity contribution >= 4 is 46.5 Å². The predicted octanol–water partition coefficient (Wildman–Crippen LogP) is 0.959. The molecule has 2 rings (SSSR count). The van der Waals surface area contributed by atoms with Crippen molar-refractivity contribution < 1.29 is 9.59 Å². The third kappa shape index (κ3) is 6.24. The Bertz CT molecular complexity index is 703. The fourth-order valence-corrected chi connectivity index (χ4v) is 3.37. The number of rotatable bonds is 8. The van der Waals surface area contributed by atoms with Gasteiger partial charge in [0.25, 0.3) is 0 Å². The van der Waals surface area contributed by atoms with E-state index in [1.54, 1.807) is 11.3 Å². The van der Waals surface area contributed by atoms with Crippen molar-refractivity contribution in [2.24, 2.45) is 0 Å². The summed E-state index contributed by atoms with van der Waals surface area (Å²) >= 11 is 2.71. The molecular weight excluding hydrogens is 360 g/mol. The molecule has 25 heavy (non-hydrogen) atoms. The molecule has 134 valence electrons. The minimum absolute atomic E-state index is 0.0151. The highest BCUT2D eigenvalue weighted by Crippen LogP contribution is 2.16. The van der Waals surface area contributed by atoms with E-state index in [-0.39, 0.29) is 35.7 Å². The number of nitrogens with one attached hydrogen (secondary N) is 1. The van der Waals surface area contributed by atoms with Crippen LogP contribution < -0.4 is 16.8 Å². The van der Waals surface area contributed by atoms with Gasteiger partial charge >= 0.3 is 0 Å². The molecule has 0 aliphatic carbocycles. The quantitative estimate of drug-likeness (QED) is 0.460. The smallest absolute Gasteiger partial charge is 0.239 e. The number of likely N-dealkylation sites (N-methyl/N-ethyl adjacent to an activating group) is 1. The minimum Gasteiger partial charge on any atom is -0.383 e. The lowest BCUT2D eigenvalue weighted by molar-refractivity contribution is -0.133. The first kappa shape index (κ1) is 19.0. The number of nitrogens with zero attached hydrogens (tertiary/aromatic N) is 3. The summed E-state index contributed by atoms with van der Waals surface area (Å²) in [5.74, 6) is 0.237. The van der Waals surface area contributed by atoms with Gasteiger partial charge < -0.3 is 21.7 Å². The number of amides is 2. The maximum atomic E-state index is 12.3. The molecule has 10 heteroatoms. The molecule has 0 aliphatic heterocycles. The van der Waals surface area contributed by atoms with E-state index in [4.69, 9.17) is 11.5 Å². The van der Waals surface area contributed by atoms with Crippen LogP contribution in [0.25, 0.3) is 0 Å². The number of nitrogens with two attached hydrogens (primary N) is 2. The molecule has 0 spiro atoms. The van der Waals surface area contributed by atoms with Crippen molar-refractivity contribution in [3.8, 4) is 0 Å². The summed E-state index contributed by atoms with van der Waals surface area (Å²) < 4.78 is 0. The fraction of sp³-hybridized carbons (Fsp3) is 0.333. The second-order valence-corrected chi connectivity index (χ2v) is 7.03. The number of hydrogen-bond acceptors (Lipinski definition) is 8. The van der Waals surface area contributed by atoms with Gasteiger partial charge in [-0.1, -0.05) is 17.8 Å². The Kier molecular flexibility index (Phi) is 7.02. The van der Waals surface area contributed by atoms with Gasteiger partial charge in [0.05, 0.1) is 18.8 Å². The third-order valence-corrected chi connectivity index (χ3v) is 4.89. The molecule has 2 heterocycles. The number of anilines is 2. The Morgan fingerprint density at radius 1 is 1.32 bits per heavy atom. The Morgan fingerprint density at radius 2 is 2.04 bits per heavy atom. The van der Waals surface area contributed by atoms with Crippen LogP contribution in [-0.2, 0) is 16.1 Å². The Hall–Kier alpha value is -2.33. The zero-order chi connectivity index (χ0) is 18.2. The highest BCUT2D eigenvalue weighted by molar-refractivity contribution is 7.99. The van der Waals surface area contributed by atoms with E-state index in [0.717, 1.165) is 16.6 Å². The van der Waals surface area contributed by atoms with Gasteiger partial charge in [-0.05, 0) is 18.4 Å². The molecule has 0 atom stereocenters. The molecule has 0 bridgehead atoms. The lowest BCUT2D eigenvalue weighted by Crippen LogP contribution is -2.41. The van der Waals surface area contributed by atoms with Crippen LogP contribution in [0.15, 0.2) is 28.7 Å². The van der Waals surface area contributed by atoms with Gasteiger partial charge in [0, 0.05) is 17.5 Å². The predicted molar refractivity (Wildman–Crippen MR) is 100 cm³/mol. The lowest BCUT2D eigenvalue weighted by atomic mass is 10.4. The largest absolute Gasteiger partial charge is 0.383 e. The van der Waals surface area contributed by atoms with Crippen LogP contribution in [0.3, 0.4) is 0 Å². The number of thiophene rings is 1. The Labute approximate surface area is 154 Å².